The summed E-state index contributed by atoms with van der Waals surface area (Å²) in [6.45, 7) is 0.353. The first-order valence-corrected chi connectivity index (χ1v) is 6.39. The van der Waals surface area contributed by atoms with Crippen molar-refractivity contribution in [1.29, 1.82) is 0 Å². The molecule has 0 fully saturated rings. The second kappa shape index (κ2) is 7.19. The van der Waals surface area contributed by atoms with Crippen LogP contribution in [0.15, 0.2) is 54.6 Å². The normalized spacial score (nSPS) is 9.85. The lowest BCUT2D eigenvalue weighted by molar-refractivity contribution is 0.163. The van der Waals surface area contributed by atoms with Crippen LogP contribution < -0.4 is 10.1 Å². The molecule has 20 heavy (non-hydrogen) atoms. The Kier molecular flexibility index (Phi) is 5.00. The molecule has 0 aliphatic rings. The van der Waals surface area contributed by atoms with E-state index in [1.807, 2.05) is 30.3 Å². The second-order valence-electron chi connectivity index (χ2n) is 4.23. The van der Waals surface area contributed by atoms with Crippen molar-refractivity contribution in [3.63, 3.8) is 0 Å². The molecule has 0 bridgehead atoms. The first-order chi connectivity index (χ1) is 9.78. The summed E-state index contributed by atoms with van der Waals surface area (Å²) < 4.78 is 10.2. The standard InChI is InChI=1S/C16H17NO3/c1-19-15-9-7-14(8-10-15)17-16(18)20-12-11-13-5-3-2-4-6-13/h2-10H,11-12H2,1H3,(H,17,18). The molecule has 0 aromatic heterocycles. The number of hydrogen-bond acceptors (Lipinski definition) is 3. The molecule has 0 aliphatic carbocycles. The molecule has 0 spiro atoms. The quantitative estimate of drug-likeness (QED) is 0.905. The summed E-state index contributed by atoms with van der Waals surface area (Å²) in [6.07, 6.45) is 0.253. The average Bonchev–Trinajstić information content (AvgIpc) is 2.49. The molecule has 2 aromatic rings. The Morgan fingerprint density at radius 3 is 2.40 bits per heavy atom. The van der Waals surface area contributed by atoms with Gasteiger partial charge in [0.1, 0.15) is 5.75 Å². The number of methoxy groups -OCH3 is 1. The lowest BCUT2D eigenvalue weighted by atomic mass is 10.2. The molecule has 0 saturated carbocycles. The Labute approximate surface area is 118 Å². The molecule has 2 aromatic carbocycles. The van der Waals surface area contributed by atoms with Gasteiger partial charge in [-0.25, -0.2) is 4.79 Å². The molecule has 0 unspecified atom stereocenters. The Morgan fingerprint density at radius 1 is 1.05 bits per heavy atom. The van der Waals surface area contributed by atoms with Crippen LogP contribution in [0.4, 0.5) is 10.5 Å². The molecule has 0 saturated heterocycles. The van der Waals surface area contributed by atoms with Gasteiger partial charge in [0, 0.05) is 12.1 Å². The van der Waals surface area contributed by atoms with E-state index in [9.17, 15) is 4.79 Å². The van der Waals surface area contributed by atoms with Crippen LogP contribution >= 0.6 is 0 Å². The van der Waals surface area contributed by atoms with Crippen molar-refractivity contribution < 1.29 is 14.3 Å². The Morgan fingerprint density at radius 2 is 1.75 bits per heavy atom. The lowest BCUT2D eigenvalue weighted by Gasteiger charge is -2.07. The molecule has 1 N–H and O–H groups in total. The van der Waals surface area contributed by atoms with Gasteiger partial charge in [-0.15, -0.1) is 0 Å². The van der Waals surface area contributed by atoms with Gasteiger partial charge < -0.3 is 9.47 Å². The molecule has 0 heterocycles. The van der Waals surface area contributed by atoms with E-state index in [0.29, 0.717) is 18.7 Å². The highest BCUT2D eigenvalue weighted by Gasteiger charge is 2.03. The molecule has 2 rings (SSSR count). The van der Waals surface area contributed by atoms with Crippen LogP contribution in [0.3, 0.4) is 0 Å². The van der Waals surface area contributed by atoms with Gasteiger partial charge in [-0.3, -0.25) is 5.32 Å². The topological polar surface area (TPSA) is 47.6 Å². The first-order valence-electron chi connectivity index (χ1n) is 6.39. The lowest BCUT2D eigenvalue weighted by Crippen LogP contribution is -2.15. The highest BCUT2D eigenvalue weighted by molar-refractivity contribution is 5.84. The molecule has 4 heteroatoms. The van der Waals surface area contributed by atoms with Crippen molar-refractivity contribution in [3.8, 4) is 5.75 Å². The minimum atomic E-state index is -0.453. The van der Waals surface area contributed by atoms with Crippen LogP contribution in [0.2, 0.25) is 0 Å². The van der Waals surface area contributed by atoms with E-state index in [2.05, 4.69) is 5.32 Å². The van der Waals surface area contributed by atoms with Gasteiger partial charge in [-0.1, -0.05) is 30.3 Å². The van der Waals surface area contributed by atoms with Crippen LogP contribution in [0.1, 0.15) is 5.56 Å². The van der Waals surface area contributed by atoms with Crippen LogP contribution in [0.25, 0.3) is 0 Å². The van der Waals surface area contributed by atoms with E-state index in [4.69, 9.17) is 9.47 Å². The predicted molar refractivity (Wildman–Crippen MR) is 78.1 cm³/mol. The van der Waals surface area contributed by atoms with E-state index in [-0.39, 0.29) is 0 Å². The summed E-state index contributed by atoms with van der Waals surface area (Å²) in [7, 11) is 1.60. The number of rotatable bonds is 5. The van der Waals surface area contributed by atoms with Gasteiger partial charge in [0.15, 0.2) is 0 Å². The van der Waals surface area contributed by atoms with Crippen molar-refractivity contribution in [2.45, 2.75) is 6.42 Å². The number of anilines is 1. The summed E-state index contributed by atoms with van der Waals surface area (Å²) in [5.41, 5.74) is 1.82. The largest absolute Gasteiger partial charge is 0.497 e. The van der Waals surface area contributed by atoms with Gasteiger partial charge in [0.05, 0.1) is 13.7 Å². The van der Waals surface area contributed by atoms with Crippen LogP contribution in [-0.2, 0) is 11.2 Å². The maximum atomic E-state index is 11.6. The fourth-order valence-corrected chi connectivity index (χ4v) is 1.73. The van der Waals surface area contributed by atoms with E-state index in [1.165, 1.54) is 0 Å². The van der Waals surface area contributed by atoms with Crippen molar-refractivity contribution in [1.82, 2.24) is 0 Å². The zero-order valence-corrected chi connectivity index (χ0v) is 11.3. The van der Waals surface area contributed by atoms with Crippen LogP contribution in [0.5, 0.6) is 5.75 Å². The van der Waals surface area contributed by atoms with Gasteiger partial charge in [0.2, 0.25) is 0 Å². The highest BCUT2D eigenvalue weighted by Crippen LogP contribution is 2.15. The maximum Gasteiger partial charge on any atom is 0.411 e. The Hall–Kier alpha value is -2.49. The number of nitrogens with one attached hydrogen (secondary N) is 1. The van der Waals surface area contributed by atoms with Crippen molar-refractivity contribution in [3.05, 3.63) is 60.2 Å². The van der Waals surface area contributed by atoms with Gasteiger partial charge in [0.25, 0.3) is 0 Å². The smallest absolute Gasteiger partial charge is 0.411 e. The van der Waals surface area contributed by atoms with Gasteiger partial charge >= 0.3 is 6.09 Å². The summed E-state index contributed by atoms with van der Waals surface area (Å²) in [4.78, 5) is 11.6. The van der Waals surface area contributed by atoms with Gasteiger partial charge in [-0.05, 0) is 29.8 Å². The maximum absolute atomic E-state index is 11.6. The molecule has 0 radical (unpaired) electrons. The average molecular weight is 271 g/mol. The number of carbonyl (C=O) groups excluding carboxylic acids is 1. The monoisotopic (exact) mass is 271 g/mol. The van der Waals surface area contributed by atoms with Crippen molar-refractivity contribution in [2.24, 2.45) is 0 Å². The first kappa shape index (κ1) is 13.9. The molecule has 104 valence electrons. The SMILES string of the molecule is COc1ccc(NC(=O)OCCc2ccccc2)cc1. The van der Waals surface area contributed by atoms with E-state index < -0.39 is 6.09 Å². The van der Waals surface area contributed by atoms with Crippen molar-refractivity contribution in [2.75, 3.05) is 19.0 Å². The fourth-order valence-electron chi connectivity index (χ4n) is 1.73. The summed E-state index contributed by atoms with van der Waals surface area (Å²) in [5, 5.41) is 2.66. The third kappa shape index (κ3) is 4.31. The minimum Gasteiger partial charge on any atom is -0.497 e. The van der Waals surface area contributed by atoms with Crippen molar-refractivity contribution >= 4 is 11.8 Å². The number of amides is 1. The molecule has 0 atom stereocenters. The molecular formula is C16H17NO3. The zero-order valence-electron chi connectivity index (χ0n) is 11.3. The number of carbonyl (C=O) groups is 1. The van der Waals surface area contributed by atoms with Gasteiger partial charge in [-0.2, -0.15) is 0 Å². The number of hydrogen-bond donors (Lipinski definition) is 1. The Balaban J connectivity index is 1.74. The van der Waals surface area contributed by atoms with Crippen LogP contribution in [-0.4, -0.2) is 19.8 Å². The van der Waals surface area contributed by atoms with Crippen LogP contribution in [0, 0.1) is 0 Å². The molecule has 1 amide bonds. The Bertz CT molecular complexity index is 537. The second-order valence-corrected chi connectivity index (χ2v) is 4.23. The predicted octanol–water partition coefficient (Wildman–Crippen LogP) is 3.49. The minimum absolute atomic E-state index is 0.353. The number of benzene rings is 2. The fraction of sp³-hybridized carbons (Fsp3) is 0.188. The molecular weight excluding hydrogens is 254 g/mol. The third-order valence-corrected chi connectivity index (χ3v) is 2.80. The number of ether oxygens (including phenoxy) is 2. The van der Waals surface area contributed by atoms with E-state index in [0.717, 1.165) is 11.3 Å². The highest BCUT2D eigenvalue weighted by atomic mass is 16.5. The van der Waals surface area contributed by atoms with E-state index in [1.54, 1.807) is 31.4 Å². The zero-order chi connectivity index (χ0) is 14.2. The summed E-state index contributed by atoms with van der Waals surface area (Å²) >= 11 is 0. The molecule has 0 aliphatic heterocycles. The van der Waals surface area contributed by atoms with E-state index >= 15 is 0 Å². The summed E-state index contributed by atoms with van der Waals surface area (Å²) in [6, 6.07) is 17.0. The molecule has 4 nitrogen and oxygen atoms in total. The summed E-state index contributed by atoms with van der Waals surface area (Å²) in [5.74, 6) is 0.744. The third-order valence-electron chi connectivity index (χ3n) is 2.80.